The molecule has 4 rings (SSSR count). The number of hydrogen-bond donors (Lipinski definition) is 4. The zero-order valence-electron chi connectivity index (χ0n) is 17.0. The van der Waals surface area contributed by atoms with Crippen molar-refractivity contribution < 1.29 is 9.84 Å². The predicted octanol–water partition coefficient (Wildman–Crippen LogP) is 3.21. The Hall–Kier alpha value is -3.31. The molecule has 0 aliphatic heterocycles. The number of nitriles is 1. The van der Waals surface area contributed by atoms with Gasteiger partial charge in [-0.1, -0.05) is 12.1 Å². The number of para-hydroxylation sites is 1. The fourth-order valence-corrected chi connectivity index (χ4v) is 3.94. The summed E-state index contributed by atoms with van der Waals surface area (Å²) in [6.45, 7) is 0.658. The van der Waals surface area contributed by atoms with Gasteiger partial charge in [0.25, 0.3) is 0 Å². The number of hydrogen-bond acceptors (Lipinski definition) is 7. The first-order chi connectivity index (χ1) is 14.7. The van der Waals surface area contributed by atoms with Gasteiger partial charge in [0.1, 0.15) is 23.2 Å². The lowest BCUT2D eigenvalue weighted by atomic mass is 9.93. The topological polar surface area (TPSA) is 119 Å². The van der Waals surface area contributed by atoms with E-state index in [0.717, 1.165) is 48.8 Å². The lowest BCUT2D eigenvalue weighted by Crippen LogP contribution is -2.29. The van der Waals surface area contributed by atoms with E-state index in [4.69, 9.17) is 4.74 Å². The molecule has 0 atom stereocenters. The summed E-state index contributed by atoms with van der Waals surface area (Å²) in [4.78, 5) is 12.1. The molecule has 0 radical (unpaired) electrons. The number of methoxy groups -OCH3 is 1. The normalized spacial score (nSPS) is 18.7. The fraction of sp³-hybridized carbons (Fsp3) is 0.409. The molecule has 1 fully saturated rings. The van der Waals surface area contributed by atoms with Gasteiger partial charge >= 0.3 is 0 Å². The molecule has 8 heteroatoms. The molecule has 0 saturated heterocycles. The molecule has 30 heavy (non-hydrogen) atoms. The minimum atomic E-state index is -0.217. The summed E-state index contributed by atoms with van der Waals surface area (Å²) >= 11 is 0. The van der Waals surface area contributed by atoms with Crippen LogP contribution in [0.4, 0.5) is 11.8 Å². The summed E-state index contributed by atoms with van der Waals surface area (Å²) in [5.74, 6) is 1.87. The zero-order chi connectivity index (χ0) is 20.9. The summed E-state index contributed by atoms with van der Waals surface area (Å²) in [5, 5.41) is 26.8. The molecule has 2 aromatic heterocycles. The van der Waals surface area contributed by atoms with Crippen LogP contribution in [-0.4, -0.2) is 45.9 Å². The monoisotopic (exact) mass is 406 g/mol. The maximum absolute atomic E-state index is 9.68. The number of rotatable bonds is 7. The van der Waals surface area contributed by atoms with Gasteiger partial charge in [-0.05, 0) is 43.7 Å². The second-order valence-corrected chi connectivity index (χ2v) is 7.59. The second-order valence-electron chi connectivity index (χ2n) is 7.59. The van der Waals surface area contributed by atoms with Gasteiger partial charge in [0.15, 0.2) is 0 Å². The molecular weight excluding hydrogens is 380 g/mol. The van der Waals surface area contributed by atoms with Crippen molar-refractivity contribution in [3.8, 4) is 11.8 Å². The van der Waals surface area contributed by atoms with E-state index >= 15 is 0 Å². The Balaban J connectivity index is 1.41. The molecule has 4 N–H and O–H groups in total. The number of benzene rings is 1. The summed E-state index contributed by atoms with van der Waals surface area (Å²) < 4.78 is 5.40. The maximum Gasteiger partial charge on any atom is 0.224 e. The van der Waals surface area contributed by atoms with Gasteiger partial charge in [-0.3, -0.25) is 0 Å². The van der Waals surface area contributed by atoms with E-state index in [2.05, 4.69) is 37.7 Å². The lowest BCUT2D eigenvalue weighted by Gasteiger charge is -2.26. The Morgan fingerprint density at radius 1 is 1.30 bits per heavy atom. The third-order valence-corrected chi connectivity index (χ3v) is 5.61. The minimum absolute atomic E-state index is 0.212. The van der Waals surface area contributed by atoms with Crippen molar-refractivity contribution in [3.63, 3.8) is 0 Å². The van der Waals surface area contributed by atoms with Crippen molar-refractivity contribution in [3.05, 3.63) is 41.7 Å². The molecule has 0 bridgehead atoms. The highest BCUT2D eigenvalue weighted by atomic mass is 16.5. The molecule has 1 saturated carbocycles. The van der Waals surface area contributed by atoms with Crippen molar-refractivity contribution in [2.75, 3.05) is 24.3 Å². The van der Waals surface area contributed by atoms with E-state index in [0.29, 0.717) is 23.9 Å². The molecule has 1 aromatic carbocycles. The number of nitrogens with zero attached hydrogens (tertiary/aromatic N) is 3. The van der Waals surface area contributed by atoms with Gasteiger partial charge in [0.2, 0.25) is 5.95 Å². The number of aliphatic hydroxyl groups is 1. The molecule has 1 aliphatic carbocycles. The lowest BCUT2D eigenvalue weighted by molar-refractivity contribution is 0.126. The van der Waals surface area contributed by atoms with Crippen LogP contribution in [0, 0.1) is 11.3 Å². The van der Waals surface area contributed by atoms with Crippen LogP contribution in [0.1, 0.15) is 36.8 Å². The third-order valence-electron chi connectivity index (χ3n) is 5.61. The highest BCUT2D eigenvalue weighted by Gasteiger charge is 2.20. The van der Waals surface area contributed by atoms with Crippen LogP contribution in [-0.2, 0) is 6.42 Å². The quantitative estimate of drug-likeness (QED) is 0.476. The Kier molecular flexibility index (Phi) is 6.00. The van der Waals surface area contributed by atoms with Crippen LogP contribution < -0.4 is 15.4 Å². The highest BCUT2D eigenvalue weighted by molar-refractivity contribution is 5.88. The number of nitrogens with one attached hydrogen (secondary N) is 3. The van der Waals surface area contributed by atoms with Gasteiger partial charge in [-0.25, -0.2) is 4.98 Å². The van der Waals surface area contributed by atoms with Crippen LogP contribution >= 0.6 is 0 Å². The summed E-state index contributed by atoms with van der Waals surface area (Å²) in [7, 11) is 1.67. The Morgan fingerprint density at radius 2 is 2.13 bits per heavy atom. The van der Waals surface area contributed by atoms with Crippen LogP contribution in [0.15, 0.2) is 30.6 Å². The molecule has 1 aliphatic rings. The van der Waals surface area contributed by atoms with E-state index < -0.39 is 0 Å². The number of fused-ring (bicyclic) bond motifs is 1. The van der Waals surface area contributed by atoms with Crippen LogP contribution in [0.3, 0.4) is 0 Å². The Labute approximate surface area is 175 Å². The SMILES string of the molecule is COc1cccc2c(CCNc3ncc(C#N)c(N[C@H]4CC[C@@H](O)CC4)n3)c[nH]c12. The standard InChI is InChI=1S/C22H26N6O2/c1-30-19-4-2-3-18-14(12-25-20(18)19)9-10-24-22-26-13-15(11-23)21(28-22)27-16-5-7-17(29)8-6-16/h2-4,12-13,16-17,25,29H,5-10H2,1H3,(H2,24,26,27,28)/t16-,17+. The fourth-order valence-electron chi connectivity index (χ4n) is 3.94. The third kappa shape index (κ3) is 4.31. The summed E-state index contributed by atoms with van der Waals surface area (Å²) in [6.07, 6.45) is 7.39. The van der Waals surface area contributed by atoms with Crippen molar-refractivity contribution in [1.29, 1.82) is 5.26 Å². The number of aromatic nitrogens is 3. The Bertz CT molecular complexity index is 1050. The molecule has 0 spiro atoms. The van der Waals surface area contributed by atoms with Crippen LogP contribution in [0.5, 0.6) is 5.75 Å². The number of ether oxygens (including phenoxy) is 1. The molecular formula is C22H26N6O2. The second kappa shape index (κ2) is 9.01. The molecule has 156 valence electrons. The van der Waals surface area contributed by atoms with E-state index in [1.807, 2.05) is 18.3 Å². The highest BCUT2D eigenvalue weighted by Crippen LogP contribution is 2.27. The first kappa shape index (κ1) is 20.0. The largest absolute Gasteiger partial charge is 0.495 e. The first-order valence-corrected chi connectivity index (χ1v) is 10.3. The number of aromatic amines is 1. The van der Waals surface area contributed by atoms with Gasteiger partial charge in [-0.15, -0.1) is 0 Å². The van der Waals surface area contributed by atoms with E-state index in [1.165, 1.54) is 5.56 Å². The zero-order valence-corrected chi connectivity index (χ0v) is 17.0. The van der Waals surface area contributed by atoms with Gasteiger partial charge in [-0.2, -0.15) is 10.2 Å². The number of anilines is 2. The smallest absolute Gasteiger partial charge is 0.224 e. The minimum Gasteiger partial charge on any atom is -0.495 e. The summed E-state index contributed by atoms with van der Waals surface area (Å²) in [6, 6.07) is 8.36. The van der Waals surface area contributed by atoms with E-state index in [-0.39, 0.29) is 12.1 Å². The molecule has 2 heterocycles. The summed E-state index contributed by atoms with van der Waals surface area (Å²) in [5.41, 5.74) is 2.60. The van der Waals surface area contributed by atoms with Crippen molar-refractivity contribution in [2.24, 2.45) is 0 Å². The molecule has 8 nitrogen and oxygen atoms in total. The average Bonchev–Trinajstić information content (AvgIpc) is 3.19. The van der Waals surface area contributed by atoms with Crippen molar-refractivity contribution in [2.45, 2.75) is 44.2 Å². The van der Waals surface area contributed by atoms with E-state index in [9.17, 15) is 10.4 Å². The van der Waals surface area contributed by atoms with Gasteiger partial charge in [0.05, 0.1) is 24.9 Å². The Morgan fingerprint density at radius 3 is 2.90 bits per heavy atom. The average molecular weight is 406 g/mol. The maximum atomic E-state index is 9.68. The molecule has 0 unspecified atom stereocenters. The number of aliphatic hydroxyl groups excluding tert-OH is 1. The van der Waals surface area contributed by atoms with Crippen molar-refractivity contribution in [1.82, 2.24) is 15.0 Å². The van der Waals surface area contributed by atoms with Gasteiger partial charge in [0, 0.05) is 24.2 Å². The number of H-pyrrole nitrogens is 1. The molecule has 3 aromatic rings. The van der Waals surface area contributed by atoms with Gasteiger partial charge < -0.3 is 25.5 Å². The van der Waals surface area contributed by atoms with Crippen molar-refractivity contribution >= 4 is 22.7 Å². The predicted molar refractivity (Wildman–Crippen MR) is 116 cm³/mol. The van der Waals surface area contributed by atoms with E-state index in [1.54, 1.807) is 13.3 Å². The molecule has 0 amide bonds. The first-order valence-electron chi connectivity index (χ1n) is 10.3. The van der Waals surface area contributed by atoms with Crippen LogP contribution in [0.2, 0.25) is 0 Å². The van der Waals surface area contributed by atoms with Crippen LogP contribution in [0.25, 0.3) is 10.9 Å².